The Morgan fingerprint density at radius 1 is 1.13 bits per heavy atom. The van der Waals surface area contributed by atoms with Crippen molar-refractivity contribution in [2.45, 2.75) is 33.1 Å². The molecule has 2 heterocycles. The lowest BCUT2D eigenvalue weighted by Crippen LogP contribution is -2.16. The molecule has 1 fully saturated rings. The van der Waals surface area contributed by atoms with E-state index in [-0.39, 0.29) is 16.8 Å². The molecule has 1 saturated heterocycles. The zero-order chi connectivity index (χ0) is 22.8. The van der Waals surface area contributed by atoms with Crippen LogP contribution in [0.3, 0.4) is 0 Å². The van der Waals surface area contributed by atoms with Gasteiger partial charge in [0, 0.05) is 47.2 Å². The molecule has 0 atom stereocenters. The average Bonchev–Trinajstić information content (AvgIpc) is 3.28. The van der Waals surface area contributed by atoms with Gasteiger partial charge in [-0.2, -0.15) is 0 Å². The van der Waals surface area contributed by atoms with Gasteiger partial charge in [-0.25, -0.2) is 4.98 Å². The van der Waals surface area contributed by atoms with Crippen molar-refractivity contribution in [1.82, 2.24) is 4.98 Å². The van der Waals surface area contributed by atoms with E-state index in [1.165, 1.54) is 6.20 Å². The SMILES string of the molecule is CC.O=C(CCCCl)Nc1cc(Cl)cc(NC(=O)c2cc(N3CCCS3)ncc2Cl)c1. The van der Waals surface area contributed by atoms with Gasteiger partial charge in [0.2, 0.25) is 5.91 Å². The van der Waals surface area contributed by atoms with Crippen LogP contribution < -0.4 is 14.9 Å². The van der Waals surface area contributed by atoms with E-state index in [9.17, 15) is 9.59 Å². The van der Waals surface area contributed by atoms with Gasteiger partial charge >= 0.3 is 0 Å². The van der Waals surface area contributed by atoms with E-state index in [1.807, 2.05) is 18.2 Å². The Labute approximate surface area is 202 Å². The first kappa shape index (κ1) is 25.6. The Bertz CT molecular complexity index is 908. The van der Waals surface area contributed by atoms with E-state index < -0.39 is 0 Å². The fraction of sp³-hybridized carbons (Fsp3) is 0.381. The summed E-state index contributed by atoms with van der Waals surface area (Å²) in [5, 5.41) is 6.17. The molecular formula is C21H25Cl3N4O2S. The summed E-state index contributed by atoms with van der Waals surface area (Å²) < 4.78 is 2.04. The van der Waals surface area contributed by atoms with Gasteiger partial charge in [-0.1, -0.05) is 37.0 Å². The number of carbonyl (C=O) groups excluding carboxylic acids is 2. The number of anilines is 3. The second-order valence-electron chi connectivity index (χ2n) is 6.33. The predicted molar refractivity (Wildman–Crippen MR) is 133 cm³/mol. The molecule has 0 bridgehead atoms. The number of pyridine rings is 1. The molecule has 10 heteroatoms. The highest BCUT2D eigenvalue weighted by atomic mass is 35.5. The van der Waals surface area contributed by atoms with Gasteiger partial charge in [0.25, 0.3) is 5.91 Å². The number of alkyl halides is 1. The van der Waals surface area contributed by atoms with Crippen molar-refractivity contribution in [3.63, 3.8) is 0 Å². The van der Waals surface area contributed by atoms with E-state index >= 15 is 0 Å². The fourth-order valence-corrected chi connectivity index (χ4v) is 4.28. The third-order valence-corrected chi connectivity index (χ3v) is 6.01. The lowest BCUT2D eigenvalue weighted by Gasteiger charge is -2.16. The Balaban J connectivity index is 0.00000166. The number of hydrogen-bond acceptors (Lipinski definition) is 5. The fourth-order valence-electron chi connectivity index (χ4n) is 2.75. The van der Waals surface area contributed by atoms with Crippen LogP contribution in [0.2, 0.25) is 10.0 Å². The first-order valence-corrected chi connectivity index (χ1v) is 12.2. The normalized spacial score (nSPS) is 12.7. The maximum atomic E-state index is 12.8. The van der Waals surface area contributed by atoms with Gasteiger partial charge in [0.1, 0.15) is 5.82 Å². The summed E-state index contributed by atoms with van der Waals surface area (Å²) in [6.07, 6.45) is 3.43. The van der Waals surface area contributed by atoms with Crippen LogP contribution in [0.15, 0.2) is 30.5 Å². The second kappa shape index (κ2) is 13.0. The van der Waals surface area contributed by atoms with Crippen molar-refractivity contribution in [1.29, 1.82) is 0 Å². The van der Waals surface area contributed by atoms with Gasteiger partial charge in [-0.05, 0) is 49.1 Å². The largest absolute Gasteiger partial charge is 0.326 e. The third kappa shape index (κ3) is 7.75. The minimum absolute atomic E-state index is 0.171. The van der Waals surface area contributed by atoms with Crippen molar-refractivity contribution in [3.8, 4) is 0 Å². The van der Waals surface area contributed by atoms with Crippen molar-refractivity contribution < 1.29 is 9.59 Å². The molecule has 2 amide bonds. The lowest BCUT2D eigenvalue weighted by molar-refractivity contribution is -0.116. The number of benzene rings is 1. The van der Waals surface area contributed by atoms with Crippen LogP contribution in [-0.2, 0) is 4.79 Å². The van der Waals surface area contributed by atoms with E-state index in [0.717, 1.165) is 18.7 Å². The van der Waals surface area contributed by atoms with E-state index in [1.54, 1.807) is 36.2 Å². The molecule has 168 valence electrons. The van der Waals surface area contributed by atoms with Crippen molar-refractivity contribution in [3.05, 3.63) is 46.1 Å². The van der Waals surface area contributed by atoms with E-state index in [4.69, 9.17) is 34.8 Å². The maximum Gasteiger partial charge on any atom is 0.257 e. The number of rotatable bonds is 7. The standard InChI is InChI=1S/C19H19Cl3N4O2S.C2H6/c20-4-1-3-18(27)24-13-7-12(21)8-14(9-13)25-19(28)15-10-17(23-11-16(15)22)26-5-2-6-29-26;1-2/h7-11H,1-6H2,(H,24,27)(H,25,28);1-2H3. The molecule has 1 aliphatic heterocycles. The van der Waals surface area contributed by atoms with Gasteiger partial charge in [0.15, 0.2) is 0 Å². The molecule has 0 unspecified atom stereocenters. The number of aromatic nitrogens is 1. The predicted octanol–water partition coefficient (Wildman–Crippen LogP) is 6.48. The summed E-state index contributed by atoms with van der Waals surface area (Å²) in [6.45, 7) is 4.88. The van der Waals surface area contributed by atoms with E-state index in [0.29, 0.717) is 46.5 Å². The zero-order valence-corrected chi connectivity index (χ0v) is 20.5. The number of hydrogen-bond donors (Lipinski definition) is 2. The molecule has 1 aromatic heterocycles. The molecule has 1 aliphatic rings. The number of halogens is 3. The molecule has 0 spiro atoms. The summed E-state index contributed by atoms with van der Waals surface area (Å²) in [6, 6.07) is 6.52. The molecule has 2 N–H and O–H groups in total. The smallest absolute Gasteiger partial charge is 0.257 e. The Morgan fingerprint density at radius 3 is 2.48 bits per heavy atom. The Morgan fingerprint density at radius 2 is 1.84 bits per heavy atom. The average molecular weight is 504 g/mol. The van der Waals surface area contributed by atoms with Crippen LogP contribution in [0, 0.1) is 0 Å². The maximum absolute atomic E-state index is 12.8. The summed E-state index contributed by atoms with van der Waals surface area (Å²) in [4.78, 5) is 29.0. The number of carbonyl (C=O) groups is 2. The van der Waals surface area contributed by atoms with Crippen LogP contribution in [0.25, 0.3) is 0 Å². The highest BCUT2D eigenvalue weighted by molar-refractivity contribution is 8.00. The number of nitrogens with zero attached hydrogens (tertiary/aromatic N) is 2. The molecule has 2 aromatic rings. The second-order valence-corrected chi connectivity index (χ2v) is 8.66. The summed E-state index contributed by atoms with van der Waals surface area (Å²) >= 11 is 19.6. The molecule has 0 saturated carbocycles. The van der Waals surface area contributed by atoms with E-state index in [2.05, 4.69) is 15.6 Å². The minimum atomic E-state index is -0.385. The summed E-state index contributed by atoms with van der Waals surface area (Å²) in [7, 11) is 0. The molecular weight excluding hydrogens is 479 g/mol. The summed E-state index contributed by atoms with van der Waals surface area (Å²) in [5.74, 6) is 1.57. The van der Waals surface area contributed by atoms with Crippen LogP contribution in [0.1, 0.15) is 43.5 Å². The van der Waals surface area contributed by atoms with Crippen LogP contribution >= 0.6 is 46.8 Å². The molecule has 3 rings (SSSR count). The van der Waals surface area contributed by atoms with Gasteiger partial charge < -0.3 is 14.9 Å². The highest BCUT2D eigenvalue weighted by Gasteiger charge is 2.19. The van der Waals surface area contributed by atoms with Crippen molar-refractivity contribution in [2.24, 2.45) is 0 Å². The Hall–Kier alpha value is -1.67. The van der Waals surface area contributed by atoms with Crippen LogP contribution in [-0.4, -0.2) is 35.0 Å². The zero-order valence-electron chi connectivity index (χ0n) is 17.4. The first-order chi connectivity index (χ1) is 15.0. The van der Waals surface area contributed by atoms with Gasteiger partial charge in [-0.3, -0.25) is 9.59 Å². The molecule has 31 heavy (non-hydrogen) atoms. The van der Waals surface area contributed by atoms with Gasteiger partial charge in [0.05, 0.1) is 10.6 Å². The van der Waals surface area contributed by atoms with Crippen molar-refractivity contribution in [2.75, 3.05) is 33.1 Å². The molecule has 0 aliphatic carbocycles. The molecule has 1 aromatic carbocycles. The Kier molecular flexibility index (Phi) is 10.7. The minimum Gasteiger partial charge on any atom is -0.326 e. The highest BCUT2D eigenvalue weighted by Crippen LogP contribution is 2.30. The van der Waals surface area contributed by atoms with Gasteiger partial charge in [-0.15, -0.1) is 11.6 Å². The third-order valence-electron chi connectivity index (χ3n) is 4.07. The topological polar surface area (TPSA) is 74.3 Å². The number of amides is 2. The quantitative estimate of drug-likeness (QED) is 0.334. The molecule has 6 nitrogen and oxygen atoms in total. The van der Waals surface area contributed by atoms with Crippen molar-refractivity contribution >= 4 is 75.8 Å². The summed E-state index contributed by atoms with van der Waals surface area (Å²) in [5.41, 5.74) is 1.25. The number of nitrogens with one attached hydrogen (secondary N) is 2. The monoisotopic (exact) mass is 502 g/mol. The molecule has 0 radical (unpaired) electrons. The lowest BCUT2D eigenvalue weighted by atomic mass is 10.2. The van der Waals surface area contributed by atoms with Crippen LogP contribution in [0.4, 0.5) is 17.2 Å². The first-order valence-electron chi connectivity index (χ1n) is 10.00. The van der Waals surface area contributed by atoms with Crippen LogP contribution in [0.5, 0.6) is 0 Å².